The largest absolute Gasteiger partial charge is 0.472 e. The number of esters is 2. The Bertz CT molecular complexity index is 1950. The maximum atomic E-state index is 12.8. The summed E-state index contributed by atoms with van der Waals surface area (Å²) in [7, 11) is -4.40. The highest BCUT2D eigenvalue weighted by molar-refractivity contribution is 7.47. The number of hydrogen-bond acceptors (Lipinski definition) is 8. The second-order valence-electron chi connectivity index (χ2n) is 25.8. The summed E-state index contributed by atoms with van der Waals surface area (Å²) >= 11 is 0. The normalized spacial score (nSPS) is 13.5. The molecule has 0 bridgehead atoms. The number of hydrogen-bond donors (Lipinski definition) is 2. The zero-order chi connectivity index (χ0) is 67.2. The molecule has 0 saturated carbocycles. The van der Waals surface area contributed by atoms with Crippen LogP contribution in [-0.2, 0) is 32.7 Å². The van der Waals surface area contributed by atoms with E-state index in [1.165, 1.54) is 231 Å². The van der Waals surface area contributed by atoms with Crippen molar-refractivity contribution in [1.29, 1.82) is 0 Å². The van der Waals surface area contributed by atoms with Gasteiger partial charge in [-0.25, -0.2) is 4.57 Å². The van der Waals surface area contributed by atoms with Crippen molar-refractivity contribution in [3.63, 3.8) is 0 Å². The molecular weight excluding hydrogens is 1170 g/mol. The minimum Gasteiger partial charge on any atom is -0.462 e. The van der Waals surface area contributed by atoms with Gasteiger partial charge >= 0.3 is 19.8 Å². The van der Waals surface area contributed by atoms with E-state index >= 15 is 0 Å². The molecule has 0 aliphatic heterocycles. The van der Waals surface area contributed by atoms with Crippen molar-refractivity contribution >= 4 is 19.8 Å². The van der Waals surface area contributed by atoms with E-state index in [2.05, 4.69) is 135 Å². The van der Waals surface area contributed by atoms with Crippen molar-refractivity contribution in [3.05, 3.63) is 122 Å². The van der Waals surface area contributed by atoms with Crippen molar-refractivity contribution in [2.75, 3.05) is 26.4 Å². The number of carbonyl (C=O) groups excluding carboxylic acids is 2. The predicted octanol–water partition coefficient (Wildman–Crippen LogP) is 26.2. The second-order valence-corrected chi connectivity index (χ2v) is 27.3. The van der Waals surface area contributed by atoms with Crippen LogP contribution in [0.2, 0.25) is 0 Å². The summed E-state index contributed by atoms with van der Waals surface area (Å²) in [5, 5.41) is 0. The number of phosphoric acid groups is 1. The summed E-state index contributed by atoms with van der Waals surface area (Å²) in [4.78, 5) is 35.5. The van der Waals surface area contributed by atoms with Crippen LogP contribution in [-0.4, -0.2) is 49.3 Å². The quantitative estimate of drug-likeness (QED) is 0.0264. The SMILES string of the molecule is CC/C=C\C/C=C\C/C=C\C/C=C\C/C=C\C/C=C\CCCCCCCCCCCCCCCCCCCCCCCCC(=O)OC(COC(=O)CCCCCCCCCCCCCCCCCCCC/C=C\C/C=C\C/C=C\C/C=C\CC)COP(=O)(O)OCCN. The summed E-state index contributed by atoms with van der Waals surface area (Å²) < 4.78 is 33.3. The highest BCUT2D eigenvalue weighted by Gasteiger charge is 2.26. The van der Waals surface area contributed by atoms with Gasteiger partial charge in [0.2, 0.25) is 0 Å². The number of nitrogens with two attached hydrogens (primary N) is 1. The van der Waals surface area contributed by atoms with Crippen molar-refractivity contribution in [2.45, 2.75) is 367 Å². The number of phosphoric ester groups is 1. The van der Waals surface area contributed by atoms with Crippen LogP contribution < -0.4 is 5.73 Å². The maximum Gasteiger partial charge on any atom is 0.472 e. The molecule has 0 aromatic rings. The molecule has 0 rings (SSSR count). The first-order valence-corrected chi connectivity index (χ1v) is 40.5. The minimum atomic E-state index is -4.40. The molecule has 536 valence electrons. The van der Waals surface area contributed by atoms with Gasteiger partial charge in [-0.05, 0) is 103 Å². The van der Waals surface area contributed by atoms with Gasteiger partial charge in [0.25, 0.3) is 0 Å². The zero-order valence-electron chi connectivity index (χ0n) is 60.5. The molecule has 0 heterocycles. The van der Waals surface area contributed by atoms with Crippen LogP contribution in [0, 0.1) is 0 Å². The molecule has 0 aromatic carbocycles. The molecule has 0 fully saturated rings. The fourth-order valence-corrected chi connectivity index (χ4v) is 11.9. The van der Waals surface area contributed by atoms with Crippen LogP contribution in [0.5, 0.6) is 0 Å². The third kappa shape index (κ3) is 77.3. The molecule has 93 heavy (non-hydrogen) atoms. The summed E-state index contributed by atoms with van der Waals surface area (Å²) in [6.45, 7) is 3.56. The molecule has 2 unspecified atom stereocenters. The first kappa shape index (κ1) is 89.4. The molecule has 0 aliphatic rings. The third-order valence-corrected chi connectivity index (χ3v) is 17.8. The van der Waals surface area contributed by atoms with Crippen LogP contribution in [0.25, 0.3) is 0 Å². The number of carbonyl (C=O) groups is 2. The zero-order valence-corrected chi connectivity index (χ0v) is 61.4. The Morgan fingerprint density at radius 2 is 0.559 bits per heavy atom. The molecule has 0 aliphatic carbocycles. The number of allylic oxidation sites excluding steroid dienone is 20. The summed E-state index contributed by atoms with van der Waals surface area (Å²) in [5.41, 5.74) is 5.41. The van der Waals surface area contributed by atoms with Gasteiger partial charge in [0.1, 0.15) is 6.61 Å². The Labute approximate surface area is 574 Å². The van der Waals surface area contributed by atoms with Crippen molar-refractivity contribution in [3.8, 4) is 0 Å². The van der Waals surface area contributed by atoms with Gasteiger partial charge in [0.05, 0.1) is 13.2 Å². The van der Waals surface area contributed by atoms with E-state index in [-0.39, 0.29) is 38.6 Å². The molecule has 3 N–H and O–H groups in total. The lowest BCUT2D eigenvalue weighted by Gasteiger charge is -2.19. The molecule has 0 saturated heterocycles. The first-order valence-electron chi connectivity index (χ1n) is 39.0. The van der Waals surface area contributed by atoms with E-state index in [9.17, 15) is 19.0 Å². The Morgan fingerprint density at radius 1 is 0.323 bits per heavy atom. The van der Waals surface area contributed by atoms with E-state index in [0.717, 1.165) is 96.3 Å². The number of ether oxygens (including phenoxy) is 2. The topological polar surface area (TPSA) is 134 Å². The average Bonchev–Trinajstić information content (AvgIpc) is 3.49. The van der Waals surface area contributed by atoms with E-state index in [0.29, 0.717) is 6.42 Å². The molecule has 0 spiro atoms. The summed E-state index contributed by atoms with van der Waals surface area (Å²) in [6, 6.07) is 0. The van der Waals surface area contributed by atoms with Gasteiger partial charge in [0, 0.05) is 19.4 Å². The van der Waals surface area contributed by atoms with E-state index in [1.807, 2.05) is 0 Å². The van der Waals surface area contributed by atoms with Crippen LogP contribution >= 0.6 is 7.82 Å². The molecule has 0 amide bonds. The lowest BCUT2D eigenvalue weighted by molar-refractivity contribution is -0.161. The first-order chi connectivity index (χ1) is 45.8. The summed E-state index contributed by atoms with van der Waals surface area (Å²) in [6.07, 6.45) is 109. The van der Waals surface area contributed by atoms with Gasteiger partial charge in [0.15, 0.2) is 6.10 Å². The Morgan fingerprint density at radius 3 is 0.828 bits per heavy atom. The third-order valence-electron chi connectivity index (χ3n) is 16.8. The molecular formula is C83H146NO8P. The second kappa shape index (κ2) is 77.4. The number of unbranched alkanes of at least 4 members (excludes halogenated alkanes) is 40. The molecule has 10 heteroatoms. The van der Waals surface area contributed by atoms with Crippen LogP contribution in [0.1, 0.15) is 361 Å². The number of rotatable bonds is 73. The van der Waals surface area contributed by atoms with Crippen molar-refractivity contribution < 1.29 is 37.6 Å². The average molecular weight is 1320 g/mol. The lowest BCUT2D eigenvalue weighted by Crippen LogP contribution is -2.29. The molecule has 0 radical (unpaired) electrons. The molecule has 2 atom stereocenters. The van der Waals surface area contributed by atoms with Crippen molar-refractivity contribution in [2.24, 2.45) is 5.73 Å². The maximum absolute atomic E-state index is 12.8. The van der Waals surface area contributed by atoms with E-state index < -0.39 is 26.5 Å². The van der Waals surface area contributed by atoms with Gasteiger partial charge in [-0.1, -0.05) is 367 Å². The molecule has 9 nitrogen and oxygen atoms in total. The monoisotopic (exact) mass is 1320 g/mol. The van der Waals surface area contributed by atoms with Crippen molar-refractivity contribution in [1.82, 2.24) is 0 Å². The van der Waals surface area contributed by atoms with Crippen LogP contribution in [0.15, 0.2) is 122 Å². The predicted molar refractivity (Wildman–Crippen MR) is 404 cm³/mol. The highest BCUT2D eigenvalue weighted by atomic mass is 31.2. The Balaban J connectivity index is 3.79. The fraction of sp³-hybridized carbons (Fsp3) is 0.735. The van der Waals surface area contributed by atoms with Gasteiger partial charge in [-0.15, -0.1) is 0 Å². The minimum absolute atomic E-state index is 0.0523. The van der Waals surface area contributed by atoms with E-state index in [1.54, 1.807) is 0 Å². The van der Waals surface area contributed by atoms with Crippen LogP contribution in [0.3, 0.4) is 0 Å². The lowest BCUT2D eigenvalue weighted by atomic mass is 10.0. The summed E-state index contributed by atoms with van der Waals surface area (Å²) in [5.74, 6) is -0.813. The van der Waals surface area contributed by atoms with Crippen LogP contribution in [0.4, 0.5) is 0 Å². The smallest absolute Gasteiger partial charge is 0.462 e. The Kier molecular flexibility index (Phi) is 74.4. The van der Waals surface area contributed by atoms with Gasteiger partial charge in [-0.2, -0.15) is 0 Å². The van der Waals surface area contributed by atoms with Gasteiger partial charge in [-0.3, -0.25) is 18.6 Å². The van der Waals surface area contributed by atoms with Gasteiger partial charge < -0.3 is 20.1 Å². The highest BCUT2D eigenvalue weighted by Crippen LogP contribution is 2.43. The standard InChI is InChI=1S/C83H146NO8P/c1-3-5-7-9-11-13-15-17-19-21-23-25-27-29-31-33-35-36-37-38-39-40-41-42-43-44-46-48-50-52-54-56-58-60-62-64-66-68-70-72-74-76-83(86)92-81(80-91-93(87,88)90-78-77-84)79-89-82(85)75-73-71-69-67-65-63-61-59-57-55-53-51-49-47-45-34-32-30-28-26-24-22-20-18-16-14-12-10-8-6-4-2/h5-8,11-14,17-20,23-26,29,31,35-36,81H,3-4,9-10,15-16,21-22,27-28,30,32-34,37-80,84H2,1-2H3,(H,87,88)/b7-5-,8-6-,13-11-,14-12-,19-17-,20-18-,25-23-,26-24-,31-29-,36-35-. The molecule has 0 aromatic heterocycles. The Hall–Kier alpha value is -3.59. The fourth-order valence-electron chi connectivity index (χ4n) is 11.2. The van der Waals surface area contributed by atoms with E-state index in [4.69, 9.17) is 24.3 Å².